The average Bonchev–Trinajstić information content (AvgIpc) is 3.21. The highest BCUT2D eigenvalue weighted by Gasteiger charge is 2.20. The number of hydrogen-bond acceptors (Lipinski definition) is 4. The van der Waals surface area contributed by atoms with Crippen LogP contribution < -0.4 is 4.90 Å². The van der Waals surface area contributed by atoms with Crippen molar-refractivity contribution in [3.05, 3.63) is 58.4 Å². The minimum absolute atomic E-state index is 0.296. The third-order valence-electron chi connectivity index (χ3n) is 3.23. The molecule has 0 unspecified atom stereocenters. The molecule has 1 aromatic carbocycles. The second-order valence-corrected chi connectivity index (χ2v) is 6.47. The van der Waals surface area contributed by atoms with Gasteiger partial charge in [0.25, 0.3) is 5.91 Å². The van der Waals surface area contributed by atoms with Gasteiger partial charge in [0.05, 0.1) is 4.88 Å². The molecule has 0 aliphatic rings. The van der Waals surface area contributed by atoms with Gasteiger partial charge in [0, 0.05) is 23.7 Å². The van der Waals surface area contributed by atoms with Gasteiger partial charge in [0.1, 0.15) is 10.7 Å². The number of aromatic nitrogens is 1. The van der Waals surface area contributed by atoms with Gasteiger partial charge in [-0.05, 0) is 30.5 Å². The summed E-state index contributed by atoms with van der Waals surface area (Å²) in [5, 5.41) is 4.39. The normalized spacial score (nSPS) is 10.7. The quantitative estimate of drug-likeness (QED) is 0.676. The van der Waals surface area contributed by atoms with Crippen molar-refractivity contribution in [2.75, 3.05) is 11.4 Å². The van der Waals surface area contributed by atoms with Gasteiger partial charge in [-0.25, -0.2) is 13.8 Å². The molecule has 0 spiro atoms. The van der Waals surface area contributed by atoms with Crippen LogP contribution >= 0.6 is 22.7 Å². The van der Waals surface area contributed by atoms with Crippen LogP contribution in [0.25, 0.3) is 9.88 Å². The van der Waals surface area contributed by atoms with E-state index in [1.165, 1.54) is 22.3 Å². The summed E-state index contributed by atoms with van der Waals surface area (Å²) in [6, 6.07) is 7.27. The zero-order valence-corrected chi connectivity index (χ0v) is 13.8. The Morgan fingerprint density at radius 2 is 2.04 bits per heavy atom. The number of nitrogens with zero attached hydrogens (tertiary/aromatic N) is 2. The predicted octanol–water partition coefficient (Wildman–Crippen LogP) is 4.82. The molecule has 0 aliphatic carbocycles. The van der Waals surface area contributed by atoms with E-state index < -0.39 is 11.6 Å². The fraction of sp³-hybridized carbons (Fsp3) is 0.125. The van der Waals surface area contributed by atoms with E-state index in [2.05, 4.69) is 4.98 Å². The molecule has 0 atom stereocenters. The van der Waals surface area contributed by atoms with Gasteiger partial charge in [0.15, 0.2) is 11.6 Å². The molecule has 23 heavy (non-hydrogen) atoms. The summed E-state index contributed by atoms with van der Waals surface area (Å²) in [5.74, 6) is -2.25. The van der Waals surface area contributed by atoms with E-state index in [-0.39, 0.29) is 5.91 Å². The highest BCUT2D eigenvalue weighted by Crippen LogP contribution is 2.29. The maximum absolute atomic E-state index is 13.4. The zero-order valence-electron chi connectivity index (χ0n) is 12.1. The van der Waals surface area contributed by atoms with E-state index in [9.17, 15) is 13.6 Å². The lowest BCUT2D eigenvalue weighted by atomic mass is 10.2. The standard InChI is InChI=1S/C16H12F2N2OS2/c1-2-20(10-5-6-11(17)12(18)8-10)16(21)13-9-23-15(19-13)14-4-3-7-22-14/h3-9H,2H2,1H3. The smallest absolute Gasteiger partial charge is 0.277 e. The summed E-state index contributed by atoms with van der Waals surface area (Å²) in [6.45, 7) is 2.10. The highest BCUT2D eigenvalue weighted by molar-refractivity contribution is 7.20. The number of rotatable bonds is 4. The van der Waals surface area contributed by atoms with Crippen LogP contribution in [0.3, 0.4) is 0 Å². The van der Waals surface area contributed by atoms with Gasteiger partial charge in [-0.15, -0.1) is 22.7 Å². The minimum Gasteiger partial charge on any atom is -0.307 e. The third-order valence-corrected chi connectivity index (χ3v) is 5.11. The Kier molecular flexibility index (Phi) is 4.49. The first-order valence-corrected chi connectivity index (χ1v) is 8.62. The summed E-state index contributed by atoms with van der Waals surface area (Å²) >= 11 is 2.93. The van der Waals surface area contributed by atoms with E-state index >= 15 is 0 Å². The Morgan fingerprint density at radius 1 is 1.22 bits per heavy atom. The lowest BCUT2D eigenvalue weighted by Gasteiger charge is -2.20. The van der Waals surface area contributed by atoms with Crippen molar-refractivity contribution in [2.24, 2.45) is 0 Å². The number of thiazole rings is 1. The van der Waals surface area contributed by atoms with Crippen LogP contribution in [0.15, 0.2) is 41.1 Å². The van der Waals surface area contributed by atoms with E-state index in [4.69, 9.17) is 0 Å². The molecule has 0 bridgehead atoms. The van der Waals surface area contributed by atoms with Crippen molar-refractivity contribution in [1.82, 2.24) is 4.98 Å². The number of amides is 1. The molecule has 118 valence electrons. The molecule has 7 heteroatoms. The molecule has 3 rings (SSSR count). The molecule has 0 fully saturated rings. The number of hydrogen-bond donors (Lipinski definition) is 0. The van der Waals surface area contributed by atoms with Crippen LogP contribution in [0.1, 0.15) is 17.4 Å². The number of benzene rings is 1. The third kappa shape index (κ3) is 3.16. The van der Waals surface area contributed by atoms with E-state index in [0.717, 1.165) is 22.0 Å². The molecule has 0 aliphatic heterocycles. The van der Waals surface area contributed by atoms with Gasteiger partial charge >= 0.3 is 0 Å². The van der Waals surface area contributed by atoms with Crippen molar-refractivity contribution in [2.45, 2.75) is 6.92 Å². The van der Waals surface area contributed by atoms with Gasteiger partial charge in [-0.1, -0.05) is 6.07 Å². The molecule has 0 radical (unpaired) electrons. The lowest BCUT2D eigenvalue weighted by Crippen LogP contribution is -2.31. The van der Waals surface area contributed by atoms with Crippen LogP contribution in [0.4, 0.5) is 14.5 Å². The van der Waals surface area contributed by atoms with Crippen LogP contribution in [0.5, 0.6) is 0 Å². The number of carbonyl (C=O) groups is 1. The molecule has 2 heterocycles. The summed E-state index contributed by atoms with van der Waals surface area (Å²) in [6.07, 6.45) is 0. The molecule has 3 aromatic rings. The van der Waals surface area contributed by atoms with Crippen LogP contribution in [0, 0.1) is 11.6 Å². The number of anilines is 1. The number of thiophene rings is 1. The topological polar surface area (TPSA) is 33.2 Å². The Morgan fingerprint density at radius 3 is 2.70 bits per heavy atom. The maximum Gasteiger partial charge on any atom is 0.277 e. The Bertz CT molecular complexity index is 830. The second kappa shape index (κ2) is 6.55. The predicted molar refractivity (Wildman–Crippen MR) is 89.1 cm³/mol. The SMILES string of the molecule is CCN(C(=O)c1csc(-c2cccs2)n1)c1ccc(F)c(F)c1. The molecule has 1 amide bonds. The first kappa shape index (κ1) is 15.8. The number of carbonyl (C=O) groups excluding carboxylic acids is 1. The monoisotopic (exact) mass is 350 g/mol. The molecule has 0 saturated carbocycles. The van der Waals surface area contributed by atoms with Crippen LogP contribution in [-0.2, 0) is 0 Å². The van der Waals surface area contributed by atoms with Crippen molar-refractivity contribution < 1.29 is 13.6 Å². The van der Waals surface area contributed by atoms with Gasteiger partial charge in [0.2, 0.25) is 0 Å². The van der Waals surface area contributed by atoms with Crippen molar-refractivity contribution in [1.29, 1.82) is 0 Å². The lowest BCUT2D eigenvalue weighted by molar-refractivity contribution is 0.0984. The summed E-state index contributed by atoms with van der Waals surface area (Å²) in [7, 11) is 0. The van der Waals surface area contributed by atoms with Crippen LogP contribution in [0.2, 0.25) is 0 Å². The molecule has 0 saturated heterocycles. The van der Waals surface area contributed by atoms with Crippen molar-refractivity contribution in [3.8, 4) is 9.88 Å². The van der Waals surface area contributed by atoms with Crippen molar-refractivity contribution in [3.63, 3.8) is 0 Å². The molecule has 0 N–H and O–H groups in total. The van der Waals surface area contributed by atoms with Crippen LogP contribution in [-0.4, -0.2) is 17.4 Å². The Balaban J connectivity index is 1.89. The average molecular weight is 350 g/mol. The summed E-state index contributed by atoms with van der Waals surface area (Å²) in [4.78, 5) is 19.3. The molecule has 3 nitrogen and oxygen atoms in total. The fourth-order valence-corrected chi connectivity index (χ4v) is 3.73. The van der Waals surface area contributed by atoms with Crippen molar-refractivity contribution >= 4 is 34.3 Å². The zero-order chi connectivity index (χ0) is 16.4. The van der Waals surface area contributed by atoms with Gasteiger partial charge in [-0.3, -0.25) is 4.79 Å². The second-order valence-electron chi connectivity index (χ2n) is 4.66. The minimum atomic E-state index is -0.980. The maximum atomic E-state index is 13.4. The summed E-state index contributed by atoms with van der Waals surface area (Å²) in [5.41, 5.74) is 0.604. The largest absolute Gasteiger partial charge is 0.307 e. The van der Waals surface area contributed by atoms with E-state index in [1.54, 1.807) is 23.6 Å². The van der Waals surface area contributed by atoms with Gasteiger partial charge in [-0.2, -0.15) is 0 Å². The Hall–Kier alpha value is -2.12. The van der Waals surface area contributed by atoms with Gasteiger partial charge < -0.3 is 4.90 Å². The number of halogens is 2. The molecular formula is C16H12F2N2OS2. The van der Waals surface area contributed by atoms with E-state index in [0.29, 0.717) is 17.9 Å². The fourth-order valence-electron chi connectivity index (χ4n) is 2.12. The first-order chi connectivity index (χ1) is 11.1. The first-order valence-electron chi connectivity index (χ1n) is 6.86. The summed E-state index contributed by atoms with van der Waals surface area (Å²) < 4.78 is 26.5. The molecular weight excluding hydrogens is 338 g/mol. The molecule has 2 aromatic heterocycles. The Labute approximate surface area is 139 Å². The van der Waals surface area contributed by atoms with E-state index in [1.807, 2.05) is 17.5 Å². The highest BCUT2D eigenvalue weighted by atomic mass is 32.1.